The van der Waals surface area contributed by atoms with Crippen molar-refractivity contribution in [2.45, 2.75) is 32.9 Å². The molecule has 84 valence electrons. The Morgan fingerprint density at radius 2 is 1.50 bits per heavy atom. The van der Waals surface area contributed by atoms with E-state index in [1.165, 1.54) is 26.2 Å². The maximum atomic E-state index is 3.24. The fourth-order valence-electron chi connectivity index (χ4n) is 2.12. The molecule has 1 unspecified atom stereocenters. The lowest BCUT2D eigenvalue weighted by atomic mass is 10.2. The molecule has 0 spiro atoms. The lowest BCUT2D eigenvalue weighted by molar-refractivity contribution is 0.0837. The van der Waals surface area contributed by atoms with E-state index in [9.17, 15) is 0 Å². The number of piperazine rings is 1. The Morgan fingerprint density at radius 3 is 1.93 bits per heavy atom. The molecule has 1 atom stereocenters. The molecule has 1 aliphatic rings. The van der Waals surface area contributed by atoms with Crippen molar-refractivity contribution >= 4 is 0 Å². The van der Waals surface area contributed by atoms with Gasteiger partial charge in [0.15, 0.2) is 0 Å². The van der Waals surface area contributed by atoms with Crippen LogP contribution in [0.4, 0.5) is 0 Å². The first-order valence-corrected chi connectivity index (χ1v) is 5.78. The van der Waals surface area contributed by atoms with Crippen LogP contribution >= 0.6 is 0 Å². The molecule has 0 aromatic heterocycles. The van der Waals surface area contributed by atoms with E-state index in [2.05, 4.69) is 35.9 Å². The minimum atomic E-state index is 0.675. The van der Waals surface area contributed by atoms with Crippen molar-refractivity contribution in [2.24, 2.45) is 0 Å². The van der Waals surface area contributed by atoms with E-state index in [0.29, 0.717) is 12.1 Å². The second-order valence-corrected chi connectivity index (χ2v) is 4.57. The Kier molecular flexibility index (Phi) is 4.85. The molecule has 1 heterocycles. The zero-order chi connectivity index (χ0) is 10.6. The van der Waals surface area contributed by atoms with Gasteiger partial charge in [0.05, 0.1) is 0 Å². The van der Waals surface area contributed by atoms with Gasteiger partial charge < -0.3 is 5.32 Å². The highest BCUT2D eigenvalue weighted by molar-refractivity contribution is 4.78. The van der Waals surface area contributed by atoms with Crippen molar-refractivity contribution in [3.05, 3.63) is 0 Å². The third kappa shape index (κ3) is 3.23. The standard InChI is InChI=1S/C11H25N3/c1-10(2)13-5-7-14(8-6-13)11(3)9-12-4/h10-12H,5-9H2,1-4H3. The van der Waals surface area contributed by atoms with Gasteiger partial charge in [-0.25, -0.2) is 0 Å². The summed E-state index contributed by atoms with van der Waals surface area (Å²) in [5.74, 6) is 0. The number of nitrogens with zero attached hydrogens (tertiary/aromatic N) is 2. The van der Waals surface area contributed by atoms with Gasteiger partial charge in [-0.05, 0) is 27.8 Å². The molecule has 1 saturated heterocycles. The van der Waals surface area contributed by atoms with Gasteiger partial charge in [-0.15, -0.1) is 0 Å². The van der Waals surface area contributed by atoms with Crippen LogP contribution in [0.25, 0.3) is 0 Å². The minimum Gasteiger partial charge on any atom is -0.318 e. The number of nitrogens with one attached hydrogen (secondary N) is 1. The van der Waals surface area contributed by atoms with Crippen molar-refractivity contribution < 1.29 is 0 Å². The van der Waals surface area contributed by atoms with Crippen LogP contribution in [0.3, 0.4) is 0 Å². The molecule has 1 fully saturated rings. The van der Waals surface area contributed by atoms with Gasteiger partial charge in [0.2, 0.25) is 0 Å². The molecule has 0 amide bonds. The number of likely N-dealkylation sites (N-methyl/N-ethyl adjacent to an activating group) is 1. The smallest absolute Gasteiger partial charge is 0.0193 e. The quantitative estimate of drug-likeness (QED) is 0.716. The predicted molar refractivity (Wildman–Crippen MR) is 61.7 cm³/mol. The van der Waals surface area contributed by atoms with Crippen molar-refractivity contribution in [3.63, 3.8) is 0 Å². The fourth-order valence-corrected chi connectivity index (χ4v) is 2.12. The summed E-state index contributed by atoms with van der Waals surface area (Å²) in [4.78, 5) is 5.14. The van der Waals surface area contributed by atoms with E-state index >= 15 is 0 Å². The Hall–Kier alpha value is -0.120. The molecule has 0 bridgehead atoms. The van der Waals surface area contributed by atoms with Gasteiger partial charge in [-0.2, -0.15) is 0 Å². The average Bonchev–Trinajstić information content (AvgIpc) is 2.18. The summed E-state index contributed by atoms with van der Waals surface area (Å²) < 4.78 is 0. The molecule has 3 nitrogen and oxygen atoms in total. The van der Waals surface area contributed by atoms with Crippen LogP contribution in [-0.4, -0.2) is 61.7 Å². The molecule has 1 N–H and O–H groups in total. The van der Waals surface area contributed by atoms with Crippen LogP contribution < -0.4 is 5.32 Å². The molecule has 0 aliphatic carbocycles. The highest BCUT2D eigenvalue weighted by Crippen LogP contribution is 2.08. The highest BCUT2D eigenvalue weighted by Gasteiger charge is 2.21. The van der Waals surface area contributed by atoms with Crippen molar-refractivity contribution in [1.29, 1.82) is 0 Å². The minimum absolute atomic E-state index is 0.675. The average molecular weight is 199 g/mol. The topological polar surface area (TPSA) is 18.5 Å². The molecule has 0 aromatic rings. The molecule has 14 heavy (non-hydrogen) atoms. The van der Waals surface area contributed by atoms with E-state index in [4.69, 9.17) is 0 Å². The van der Waals surface area contributed by atoms with Crippen LogP contribution in [0.15, 0.2) is 0 Å². The summed E-state index contributed by atoms with van der Waals surface area (Å²) in [5.41, 5.74) is 0. The van der Waals surface area contributed by atoms with Gasteiger partial charge in [-0.1, -0.05) is 0 Å². The summed E-state index contributed by atoms with van der Waals surface area (Å²) in [6.07, 6.45) is 0. The van der Waals surface area contributed by atoms with E-state index in [0.717, 1.165) is 6.54 Å². The molecular formula is C11H25N3. The Balaban J connectivity index is 2.28. The van der Waals surface area contributed by atoms with Crippen molar-refractivity contribution in [2.75, 3.05) is 39.8 Å². The highest BCUT2D eigenvalue weighted by atomic mass is 15.3. The van der Waals surface area contributed by atoms with Crippen molar-refractivity contribution in [1.82, 2.24) is 15.1 Å². The van der Waals surface area contributed by atoms with Crippen LogP contribution in [0.2, 0.25) is 0 Å². The number of rotatable bonds is 4. The normalized spacial score (nSPS) is 22.9. The van der Waals surface area contributed by atoms with Gasteiger partial charge in [0.1, 0.15) is 0 Å². The summed E-state index contributed by atoms with van der Waals surface area (Å²) in [6, 6.07) is 1.38. The van der Waals surface area contributed by atoms with E-state index in [-0.39, 0.29) is 0 Å². The van der Waals surface area contributed by atoms with Gasteiger partial charge in [-0.3, -0.25) is 9.80 Å². The van der Waals surface area contributed by atoms with Crippen LogP contribution in [0.5, 0.6) is 0 Å². The van der Waals surface area contributed by atoms with Gasteiger partial charge >= 0.3 is 0 Å². The van der Waals surface area contributed by atoms with E-state index in [1.807, 2.05) is 7.05 Å². The SMILES string of the molecule is CNCC(C)N1CCN(C(C)C)CC1. The van der Waals surface area contributed by atoms with E-state index in [1.54, 1.807) is 0 Å². The molecule has 0 radical (unpaired) electrons. The van der Waals surface area contributed by atoms with Crippen LogP contribution in [0, 0.1) is 0 Å². The first kappa shape index (κ1) is 12.0. The first-order valence-electron chi connectivity index (χ1n) is 5.78. The first-order chi connectivity index (χ1) is 6.65. The second-order valence-electron chi connectivity index (χ2n) is 4.57. The summed E-state index contributed by atoms with van der Waals surface area (Å²) in [6.45, 7) is 12.9. The largest absolute Gasteiger partial charge is 0.318 e. The van der Waals surface area contributed by atoms with Crippen LogP contribution in [0.1, 0.15) is 20.8 Å². The Morgan fingerprint density at radius 1 is 1.00 bits per heavy atom. The monoisotopic (exact) mass is 199 g/mol. The molecule has 1 aliphatic heterocycles. The van der Waals surface area contributed by atoms with Crippen LogP contribution in [-0.2, 0) is 0 Å². The molecule has 0 aromatic carbocycles. The molecule has 0 saturated carbocycles. The van der Waals surface area contributed by atoms with Gasteiger partial charge in [0, 0.05) is 44.8 Å². The Bertz CT molecular complexity index is 151. The molecule has 1 rings (SSSR count). The maximum Gasteiger partial charge on any atom is 0.0193 e. The fraction of sp³-hybridized carbons (Fsp3) is 1.00. The molecular weight excluding hydrogens is 174 g/mol. The Labute approximate surface area is 88.5 Å². The second kappa shape index (κ2) is 5.69. The third-order valence-electron chi connectivity index (χ3n) is 3.20. The molecule has 3 heteroatoms. The zero-order valence-electron chi connectivity index (χ0n) is 10.1. The zero-order valence-corrected chi connectivity index (χ0v) is 10.1. The number of hydrogen-bond acceptors (Lipinski definition) is 3. The van der Waals surface area contributed by atoms with E-state index < -0.39 is 0 Å². The lowest BCUT2D eigenvalue weighted by Gasteiger charge is -2.39. The summed E-state index contributed by atoms with van der Waals surface area (Å²) in [5, 5.41) is 3.24. The lowest BCUT2D eigenvalue weighted by Crippen LogP contribution is -2.53. The predicted octanol–water partition coefficient (Wildman–Crippen LogP) is 0.620. The summed E-state index contributed by atoms with van der Waals surface area (Å²) in [7, 11) is 2.03. The maximum absolute atomic E-state index is 3.24. The van der Waals surface area contributed by atoms with Crippen molar-refractivity contribution in [3.8, 4) is 0 Å². The van der Waals surface area contributed by atoms with Gasteiger partial charge in [0.25, 0.3) is 0 Å². The third-order valence-corrected chi connectivity index (χ3v) is 3.20. The summed E-state index contributed by atoms with van der Waals surface area (Å²) >= 11 is 0. The number of hydrogen-bond donors (Lipinski definition) is 1.